The number of hydrogen-bond donors (Lipinski definition) is 2. The third-order valence-electron chi connectivity index (χ3n) is 2.47. The lowest BCUT2D eigenvalue weighted by atomic mass is 10.1. The van der Waals surface area contributed by atoms with Crippen molar-refractivity contribution in [2.24, 2.45) is 5.73 Å². The molecule has 0 aliphatic rings. The minimum Gasteiger partial charge on any atom is -0.386 e. The van der Waals surface area contributed by atoms with Crippen molar-refractivity contribution >= 4 is 16.7 Å². The second-order valence-corrected chi connectivity index (χ2v) is 3.85. The Balaban J connectivity index is 2.74. The molecular formula is C12H13N3O. The van der Waals surface area contributed by atoms with Gasteiger partial charge in [-0.3, -0.25) is 10.2 Å². The van der Waals surface area contributed by atoms with Crippen molar-refractivity contribution < 1.29 is 0 Å². The predicted octanol–water partition coefficient (Wildman–Crippen LogP) is 1.25. The van der Waals surface area contributed by atoms with E-state index in [-0.39, 0.29) is 11.3 Å². The quantitative estimate of drug-likeness (QED) is 0.584. The van der Waals surface area contributed by atoms with Crippen LogP contribution in [0.1, 0.15) is 5.56 Å². The molecule has 1 heterocycles. The topological polar surface area (TPSA) is 71.9 Å². The molecule has 3 N–H and O–H groups in total. The highest BCUT2D eigenvalue weighted by Crippen LogP contribution is 2.12. The van der Waals surface area contributed by atoms with Crippen LogP contribution < -0.4 is 11.2 Å². The summed E-state index contributed by atoms with van der Waals surface area (Å²) in [6, 6.07) is 7.19. The van der Waals surface area contributed by atoms with Crippen molar-refractivity contribution in [2.75, 3.05) is 0 Å². The molecule has 4 heteroatoms. The fraction of sp³-hybridized carbons (Fsp3) is 0.167. The summed E-state index contributed by atoms with van der Waals surface area (Å²) in [7, 11) is 0. The fourth-order valence-electron chi connectivity index (χ4n) is 1.75. The lowest BCUT2D eigenvalue weighted by Crippen LogP contribution is -2.19. The zero-order chi connectivity index (χ0) is 11.7. The molecule has 0 atom stereocenters. The van der Waals surface area contributed by atoms with Crippen molar-refractivity contribution in [1.82, 2.24) is 4.57 Å². The van der Waals surface area contributed by atoms with Crippen LogP contribution in [0.4, 0.5) is 0 Å². The van der Waals surface area contributed by atoms with Gasteiger partial charge in [0.15, 0.2) is 5.43 Å². The van der Waals surface area contributed by atoms with Crippen molar-refractivity contribution in [3.8, 4) is 0 Å². The van der Waals surface area contributed by atoms with Gasteiger partial charge in [0.05, 0.1) is 12.1 Å². The number of nitrogens with zero attached hydrogens (tertiary/aromatic N) is 1. The summed E-state index contributed by atoms with van der Waals surface area (Å²) in [6.07, 6.45) is 1.67. The molecule has 0 bridgehead atoms. The van der Waals surface area contributed by atoms with Crippen molar-refractivity contribution in [2.45, 2.75) is 13.5 Å². The molecule has 1 aromatic carbocycles. The van der Waals surface area contributed by atoms with Crippen LogP contribution in [0.3, 0.4) is 0 Å². The van der Waals surface area contributed by atoms with Crippen LogP contribution in [-0.4, -0.2) is 10.4 Å². The molecule has 0 spiro atoms. The van der Waals surface area contributed by atoms with Gasteiger partial charge in [0.25, 0.3) is 0 Å². The molecule has 0 saturated carbocycles. The molecule has 1 aromatic heterocycles. The number of fused-ring (bicyclic) bond motifs is 1. The van der Waals surface area contributed by atoms with E-state index in [0.717, 1.165) is 11.1 Å². The number of nitrogens with one attached hydrogen (secondary N) is 1. The van der Waals surface area contributed by atoms with Gasteiger partial charge in [-0.25, -0.2) is 0 Å². The summed E-state index contributed by atoms with van der Waals surface area (Å²) in [5.41, 5.74) is 7.23. The van der Waals surface area contributed by atoms with E-state index in [2.05, 4.69) is 0 Å². The Kier molecular flexibility index (Phi) is 2.48. The van der Waals surface area contributed by atoms with Crippen LogP contribution in [0, 0.1) is 12.3 Å². The highest BCUT2D eigenvalue weighted by atomic mass is 16.1. The Morgan fingerprint density at radius 2 is 2.19 bits per heavy atom. The van der Waals surface area contributed by atoms with E-state index in [1.54, 1.807) is 10.8 Å². The number of aryl methyl sites for hydroxylation is 1. The highest BCUT2D eigenvalue weighted by Gasteiger charge is 2.03. The fourth-order valence-corrected chi connectivity index (χ4v) is 1.75. The molecule has 0 radical (unpaired) electrons. The molecule has 4 nitrogen and oxygen atoms in total. The third kappa shape index (κ3) is 1.82. The summed E-state index contributed by atoms with van der Waals surface area (Å²) < 4.78 is 1.80. The molecule has 16 heavy (non-hydrogen) atoms. The molecule has 0 amide bonds. The molecule has 82 valence electrons. The van der Waals surface area contributed by atoms with Crippen LogP contribution in [0.25, 0.3) is 10.9 Å². The first-order chi connectivity index (χ1) is 7.58. The number of pyridine rings is 1. The maximum atomic E-state index is 11.7. The lowest BCUT2D eigenvalue weighted by molar-refractivity contribution is 0.870. The number of benzene rings is 1. The normalized spacial score (nSPS) is 10.6. The monoisotopic (exact) mass is 215 g/mol. The van der Waals surface area contributed by atoms with Gasteiger partial charge in [-0.05, 0) is 19.1 Å². The number of rotatable bonds is 2. The third-order valence-corrected chi connectivity index (χ3v) is 2.47. The first kappa shape index (κ1) is 10.4. The summed E-state index contributed by atoms with van der Waals surface area (Å²) in [6.45, 7) is 2.25. The standard InChI is InChI=1S/C12H13N3O/c1-8-2-3-10-9(6-8)11(16)4-5-15(10)7-12(13)14/h2-6H,7H2,1H3,(H3,13,14). The predicted molar refractivity (Wildman–Crippen MR) is 64.9 cm³/mol. The molecule has 0 saturated heterocycles. The number of nitrogens with two attached hydrogens (primary N) is 1. The average Bonchev–Trinajstić information content (AvgIpc) is 2.22. The van der Waals surface area contributed by atoms with Crippen LogP contribution in [-0.2, 0) is 6.54 Å². The van der Waals surface area contributed by atoms with Gasteiger partial charge in [0, 0.05) is 17.6 Å². The summed E-state index contributed by atoms with van der Waals surface area (Å²) >= 11 is 0. The minimum atomic E-state index is -0.00139. The highest BCUT2D eigenvalue weighted by molar-refractivity contribution is 5.83. The van der Waals surface area contributed by atoms with E-state index in [4.69, 9.17) is 11.1 Å². The number of amidine groups is 1. The second-order valence-electron chi connectivity index (χ2n) is 3.85. The van der Waals surface area contributed by atoms with E-state index in [0.29, 0.717) is 11.9 Å². The average molecular weight is 215 g/mol. The van der Waals surface area contributed by atoms with Crippen molar-refractivity contribution in [3.63, 3.8) is 0 Å². The Labute approximate surface area is 92.8 Å². The molecule has 0 aliphatic carbocycles. The van der Waals surface area contributed by atoms with Crippen LogP contribution in [0.2, 0.25) is 0 Å². The Morgan fingerprint density at radius 1 is 1.44 bits per heavy atom. The SMILES string of the molecule is Cc1ccc2c(c1)c(=O)ccn2CC(=N)N. The van der Waals surface area contributed by atoms with Gasteiger partial charge in [0.2, 0.25) is 0 Å². The van der Waals surface area contributed by atoms with E-state index < -0.39 is 0 Å². The lowest BCUT2D eigenvalue weighted by Gasteiger charge is -2.09. The van der Waals surface area contributed by atoms with Crippen molar-refractivity contribution in [1.29, 1.82) is 5.41 Å². The number of aromatic nitrogens is 1. The first-order valence-corrected chi connectivity index (χ1v) is 5.00. The Hall–Kier alpha value is -2.10. The van der Waals surface area contributed by atoms with Gasteiger partial charge in [-0.2, -0.15) is 0 Å². The Morgan fingerprint density at radius 3 is 2.88 bits per heavy atom. The molecule has 0 unspecified atom stereocenters. The summed E-state index contributed by atoms with van der Waals surface area (Å²) in [4.78, 5) is 11.7. The van der Waals surface area contributed by atoms with Gasteiger partial charge < -0.3 is 10.3 Å². The van der Waals surface area contributed by atoms with E-state index >= 15 is 0 Å². The van der Waals surface area contributed by atoms with Gasteiger partial charge in [0.1, 0.15) is 5.84 Å². The van der Waals surface area contributed by atoms with Gasteiger partial charge >= 0.3 is 0 Å². The molecular weight excluding hydrogens is 202 g/mol. The van der Waals surface area contributed by atoms with Crippen LogP contribution >= 0.6 is 0 Å². The summed E-state index contributed by atoms with van der Waals surface area (Å²) in [5, 5.41) is 7.95. The molecule has 0 fully saturated rings. The maximum absolute atomic E-state index is 11.7. The van der Waals surface area contributed by atoms with E-state index in [1.807, 2.05) is 25.1 Å². The van der Waals surface area contributed by atoms with Crippen molar-refractivity contribution in [3.05, 3.63) is 46.2 Å². The minimum absolute atomic E-state index is 0.00139. The van der Waals surface area contributed by atoms with Gasteiger partial charge in [-0.1, -0.05) is 11.6 Å². The van der Waals surface area contributed by atoms with Gasteiger partial charge in [-0.15, -0.1) is 0 Å². The molecule has 2 aromatic rings. The first-order valence-electron chi connectivity index (χ1n) is 5.00. The Bertz CT molecular complexity index is 613. The summed E-state index contributed by atoms with van der Waals surface area (Å²) in [5.74, 6) is 0.0746. The molecule has 2 rings (SSSR count). The maximum Gasteiger partial charge on any atom is 0.189 e. The molecule has 0 aliphatic heterocycles. The zero-order valence-corrected chi connectivity index (χ0v) is 9.03. The smallest absolute Gasteiger partial charge is 0.189 e. The van der Waals surface area contributed by atoms with Crippen LogP contribution in [0.5, 0.6) is 0 Å². The second kappa shape index (κ2) is 3.81. The van der Waals surface area contributed by atoms with E-state index in [1.165, 1.54) is 6.07 Å². The van der Waals surface area contributed by atoms with E-state index in [9.17, 15) is 4.79 Å². The largest absolute Gasteiger partial charge is 0.386 e. The zero-order valence-electron chi connectivity index (χ0n) is 9.03. The number of hydrogen-bond acceptors (Lipinski definition) is 2. The van der Waals surface area contributed by atoms with Crippen LogP contribution in [0.15, 0.2) is 35.3 Å².